The highest BCUT2D eigenvalue weighted by Gasteiger charge is 2.22. The molecule has 1 aliphatic heterocycles. The molecule has 15 heavy (non-hydrogen) atoms. The van der Waals surface area contributed by atoms with Crippen LogP contribution in [0.3, 0.4) is 0 Å². The van der Waals surface area contributed by atoms with Crippen LogP contribution in [0.4, 0.5) is 0 Å². The molecule has 0 saturated carbocycles. The third-order valence-electron chi connectivity index (χ3n) is 2.09. The second-order valence-corrected chi connectivity index (χ2v) is 3.29. The molecule has 0 aromatic heterocycles. The van der Waals surface area contributed by atoms with Gasteiger partial charge in [-0.15, -0.1) is 0 Å². The highest BCUT2D eigenvalue weighted by atomic mass is 16.2. The molecule has 6 nitrogen and oxygen atoms in total. The van der Waals surface area contributed by atoms with Crippen LogP contribution in [-0.4, -0.2) is 37.5 Å². The van der Waals surface area contributed by atoms with Crippen molar-refractivity contribution in [1.82, 2.24) is 16.0 Å². The van der Waals surface area contributed by atoms with Gasteiger partial charge in [-0.05, 0) is 6.42 Å². The molecule has 1 aliphatic rings. The summed E-state index contributed by atoms with van der Waals surface area (Å²) >= 11 is 0. The van der Waals surface area contributed by atoms with Gasteiger partial charge in [-0.25, -0.2) is 0 Å². The summed E-state index contributed by atoms with van der Waals surface area (Å²) in [6, 6.07) is 1.65. The molecule has 0 radical (unpaired) electrons. The predicted octanol–water partition coefficient (Wildman–Crippen LogP) is -1.51. The molecule has 1 fully saturated rings. The Bertz CT molecular complexity index is 274. The number of amides is 2. The molecule has 6 heteroatoms. The van der Waals surface area contributed by atoms with Gasteiger partial charge in [-0.2, -0.15) is 5.26 Å². The first kappa shape index (κ1) is 11.5. The fourth-order valence-corrected chi connectivity index (χ4v) is 1.25. The Hall–Kier alpha value is -1.61. The number of piperazine rings is 1. The largest absolute Gasteiger partial charge is 0.355 e. The summed E-state index contributed by atoms with van der Waals surface area (Å²) in [7, 11) is 0. The second kappa shape index (κ2) is 5.98. The first-order chi connectivity index (χ1) is 7.24. The molecule has 82 valence electrons. The third kappa shape index (κ3) is 3.95. The maximum atomic E-state index is 11.5. The van der Waals surface area contributed by atoms with Crippen molar-refractivity contribution in [1.29, 1.82) is 5.26 Å². The Morgan fingerprint density at radius 1 is 1.67 bits per heavy atom. The standard InChI is InChI=1S/C9H14N4O2/c10-3-1-2-4-11-9(15)7-5-13-8(14)6-12-7/h7,12H,1-2,4-6H2,(H,11,15)(H,13,14). The Balaban J connectivity index is 2.17. The van der Waals surface area contributed by atoms with Gasteiger partial charge in [0.05, 0.1) is 12.6 Å². The van der Waals surface area contributed by atoms with Crippen molar-refractivity contribution < 1.29 is 9.59 Å². The molecule has 0 bridgehead atoms. The summed E-state index contributed by atoms with van der Waals surface area (Å²) in [5.41, 5.74) is 0. The molecule has 0 spiro atoms. The molecule has 0 aromatic rings. The monoisotopic (exact) mass is 210 g/mol. The van der Waals surface area contributed by atoms with Crippen LogP contribution < -0.4 is 16.0 Å². The SMILES string of the molecule is N#CCCCNC(=O)C1CNC(=O)CN1. The van der Waals surface area contributed by atoms with E-state index in [4.69, 9.17) is 5.26 Å². The van der Waals surface area contributed by atoms with Crippen molar-refractivity contribution >= 4 is 11.8 Å². The van der Waals surface area contributed by atoms with Gasteiger partial charge in [0.2, 0.25) is 11.8 Å². The lowest BCUT2D eigenvalue weighted by atomic mass is 10.2. The summed E-state index contributed by atoms with van der Waals surface area (Å²) in [5, 5.41) is 16.4. The number of carbonyl (C=O) groups excluding carboxylic acids is 2. The zero-order valence-corrected chi connectivity index (χ0v) is 8.38. The lowest BCUT2D eigenvalue weighted by Crippen LogP contribution is -2.58. The van der Waals surface area contributed by atoms with Crippen molar-refractivity contribution in [3.05, 3.63) is 0 Å². The van der Waals surface area contributed by atoms with Crippen LogP contribution in [-0.2, 0) is 9.59 Å². The number of unbranched alkanes of at least 4 members (excludes halogenated alkanes) is 1. The average molecular weight is 210 g/mol. The van der Waals surface area contributed by atoms with Crippen LogP contribution >= 0.6 is 0 Å². The van der Waals surface area contributed by atoms with Crippen LogP contribution in [0.1, 0.15) is 12.8 Å². The zero-order valence-electron chi connectivity index (χ0n) is 8.38. The molecule has 0 aromatic carbocycles. The fourth-order valence-electron chi connectivity index (χ4n) is 1.25. The van der Waals surface area contributed by atoms with E-state index in [1.807, 2.05) is 6.07 Å². The number of nitriles is 1. The fraction of sp³-hybridized carbons (Fsp3) is 0.667. The molecular weight excluding hydrogens is 196 g/mol. The van der Waals surface area contributed by atoms with E-state index in [9.17, 15) is 9.59 Å². The van der Waals surface area contributed by atoms with Crippen LogP contribution in [0.2, 0.25) is 0 Å². The number of carbonyl (C=O) groups is 2. The van der Waals surface area contributed by atoms with E-state index in [-0.39, 0.29) is 24.4 Å². The zero-order chi connectivity index (χ0) is 11.1. The summed E-state index contributed by atoms with van der Waals surface area (Å²) in [6.45, 7) is 0.998. The summed E-state index contributed by atoms with van der Waals surface area (Å²) < 4.78 is 0. The maximum absolute atomic E-state index is 11.5. The van der Waals surface area contributed by atoms with Crippen molar-refractivity contribution in [2.24, 2.45) is 0 Å². The van der Waals surface area contributed by atoms with E-state index in [0.717, 1.165) is 0 Å². The van der Waals surface area contributed by atoms with Gasteiger partial charge in [0.25, 0.3) is 0 Å². The van der Waals surface area contributed by atoms with E-state index in [0.29, 0.717) is 25.9 Å². The molecular formula is C9H14N4O2. The van der Waals surface area contributed by atoms with Crippen molar-refractivity contribution in [3.63, 3.8) is 0 Å². The number of nitrogens with zero attached hydrogens (tertiary/aromatic N) is 1. The first-order valence-corrected chi connectivity index (χ1v) is 4.89. The molecule has 0 aliphatic carbocycles. The molecule has 1 heterocycles. The minimum atomic E-state index is -0.357. The summed E-state index contributed by atoms with van der Waals surface area (Å²) in [6.07, 6.45) is 1.09. The third-order valence-corrected chi connectivity index (χ3v) is 2.09. The van der Waals surface area contributed by atoms with E-state index < -0.39 is 0 Å². The Labute approximate surface area is 88.0 Å². The van der Waals surface area contributed by atoms with Crippen LogP contribution in [0.25, 0.3) is 0 Å². The van der Waals surface area contributed by atoms with Gasteiger partial charge in [0, 0.05) is 19.5 Å². The van der Waals surface area contributed by atoms with E-state index in [2.05, 4.69) is 16.0 Å². The van der Waals surface area contributed by atoms with Gasteiger partial charge in [0.15, 0.2) is 0 Å². The van der Waals surface area contributed by atoms with Gasteiger partial charge >= 0.3 is 0 Å². The lowest BCUT2D eigenvalue weighted by molar-refractivity contribution is -0.126. The minimum absolute atomic E-state index is 0.0940. The van der Waals surface area contributed by atoms with Crippen LogP contribution in [0, 0.1) is 11.3 Å². The van der Waals surface area contributed by atoms with Crippen LogP contribution in [0.5, 0.6) is 0 Å². The molecule has 1 unspecified atom stereocenters. The molecule has 2 amide bonds. The van der Waals surface area contributed by atoms with Gasteiger partial charge in [-0.1, -0.05) is 0 Å². The Morgan fingerprint density at radius 3 is 3.07 bits per heavy atom. The topological polar surface area (TPSA) is 94.0 Å². The van der Waals surface area contributed by atoms with E-state index in [1.54, 1.807) is 0 Å². The first-order valence-electron chi connectivity index (χ1n) is 4.89. The smallest absolute Gasteiger partial charge is 0.238 e. The average Bonchev–Trinajstić information content (AvgIpc) is 2.25. The highest BCUT2D eigenvalue weighted by molar-refractivity contribution is 5.86. The number of hydrogen-bond acceptors (Lipinski definition) is 4. The van der Waals surface area contributed by atoms with Gasteiger partial charge in [-0.3, -0.25) is 14.9 Å². The van der Waals surface area contributed by atoms with Crippen molar-refractivity contribution in [2.75, 3.05) is 19.6 Å². The molecule has 1 saturated heterocycles. The molecule has 1 atom stereocenters. The normalized spacial score (nSPS) is 20.2. The number of rotatable bonds is 4. The van der Waals surface area contributed by atoms with E-state index >= 15 is 0 Å². The van der Waals surface area contributed by atoms with E-state index in [1.165, 1.54) is 0 Å². The van der Waals surface area contributed by atoms with Gasteiger partial charge in [0.1, 0.15) is 6.04 Å². The minimum Gasteiger partial charge on any atom is -0.355 e. The maximum Gasteiger partial charge on any atom is 0.238 e. The highest BCUT2D eigenvalue weighted by Crippen LogP contribution is 1.89. The Morgan fingerprint density at radius 2 is 2.47 bits per heavy atom. The summed E-state index contributed by atoms with van der Waals surface area (Å²) in [4.78, 5) is 22.2. The summed E-state index contributed by atoms with van der Waals surface area (Å²) in [5.74, 6) is -0.225. The number of hydrogen-bond donors (Lipinski definition) is 3. The lowest BCUT2D eigenvalue weighted by Gasteiger charge is -2.22. The van der Waals surface area contributed by atoms with Crippen molar-refractivity contribution in [2.45, 2.75) is 18.9 Å². The quantitative estimate of drug-likeness (QED) is 0.492. The molecule has 1 rings (SSSR count). The second-order valence-electron chi connectivity index (χ2n) is 3.29. The predicted molar refractivity (Wildman–Crippen MR) is 52.7 cm³/mol. The molecule has 3 N–H and O–H groups in total. The van der Waals surface area contributed by atoms with Crippen LogP contribution in [0.15, 0.2) is 0 Å². The van der Waals surface area contributed by atoms with Crippen molar-refractivity contribution in [3.8, 4) is 6.07 Å². The Kier molecular flexibility index (Phi) is 4.57. The number of nitrogens with one attached hydrogen (secondary N) is 3. The van der Waals surface area contributed by atoms with Gasteiger partial charge < -0.3 is 10.6 Å².